The van der Waals surface area contributed by atoms with Crippen molar-refractivity contribution in [3.63, 3.8) is 0 Å². The van der Waals surface area contributed by atoms with Crippen molar-refractivity contribution < 1.29 is 9.59 Å². The first-order valence-corrected chi connectivity index (χ1v) is 5.29. The molecule has 1 heterocycles. The summed E-state index contributed by atoms with van der Waals surface area (Å²) < 4.78 is 0. The zero-order chi connectivity index (χ0) is 9.68. The highest BCUT2D eigenvalue weighted by Crippen LogP contribution is 2.23. The molecule has 4 heteroatoms. The van der Waals surface area contributed by atoms with E-state index < -0.39 is 0 Å². The van der Waals surface area contributed by atoms with E-state index >= 15 is 0 Å². The second-order valence-electron chi connectivity index (χ2n) is 2.91. The molecule has 0 aliphatic carbocycles. The van der Waals surface area contributed by atoms with Crippen LogP contribution < -0.4 is 5.32 Å². The van der Waals surface area contributed by atoms with Crippen LogP contribution in [0.5, 0.6) is 0 Å². The zero-order valence-corrected chi connectivity index (χ0v) is 8.45. The molecule has 0 aromatic carbocycles. The lowest BCUT2D eigenvalue weighted by molar-refractivity contribution is -0.115. The first-order valence-electron chi connectivity index (χ1n) is 4.47. The largest absolute Gasteiger partial charge is 0.290 e. The van der Waals surface area contributed by atoms with Crippen LogP contribution in [0.1, 0.15) is 32.6 Å². The molecule has 2 amide bonds. The van der Waals surface area contributed by atoms with Gasteiger partial charge in [-0.25, -0.2) is 0 Å². The predicted molar refractivity (Wildman–Crippen MR) is 53.4 cm³/mol. The van der Waals surface area contributed by atoms with Crippen LogP contribution in [0.15, 0.2) is 11.0 Å². The summed E-state index contributed by atoms with van der Waals surface area (Å²) in [4.78, 5) is 22.3. The first kappa shape index (κ1) is 10.3. The van der Waals surface area contributed by atoms with Crippen LogP contribution >= 0.6 is 11.8 Å². The highest BCUT2D eigenvalue weighted by atomic mass is 32.2. The van der Waals surface area contributed by atoms with Crippen LogP contribution in [0.3, 0.4) is 0 Å². The Morgan fingerprint density at radius 2 is 2.15 bits per heavy atom. The van der Waals surface area contributed by atoms with E-state index in [4.69, 9.17) is 0 Å². The minimum Gasteiger partial charge on any atom is -0.282 e. The number of hydrogen-bond acceptors (Lipinski definition) is 3. The summed E-state index contributed by atoms with van der Waals surface area (Å²) in [6.45, 7) is 2.13. The number of carbonyl (C=O) groups is 2. The minimum atomic E-state index is -0.258. The van der Waals surface area contributed by atoms with Crippen molar-refractivity contribution in [2.24, 2.45) is 0 Å². The summed E-state index contributed by atoms with van der Waals surface area (Å²) in [7, 11) is 0. The molecule has 0 atom stereocenters. The first-order chi connectivity index (χ1) is 6.24. The Hall–Kier alpha value is -0.770. The van der Waals surface area contributed by atoms with Crippen molar-refractivity contribution in [3.05, 3.63) is 11.0 Å². The molecule has 0 radical (unpaired) electrons. The molecule has 0 unspecified atom stereocenters. The Balaban J connectivity index is 2.34. The van der Waals surface area contributed by atoms with E-state index in [0.29, 0.717) is 4.91 Å². The van der Waals surface area contributed by atoms with Gasteiger partial charge < -0.3 is 0 Å². The van der Waals surface area contributed by atoms with Gasteiger partial charge in [0.1, 0.15) is 0 Å². The van der Waals surface area contributed by atoms with Gasteiger partial charge in [0.2, 0.25) is 0 Å². The number of hydrogen-bond donors (Lipinski definition) is 1. The predicted octanol–water partition coefficient (Wildman–Crippen LogP) is 2.43. The van der Waals surface area contributed by atoms with Crippen molar-refractivity contribution in [2.75, 3.05) is 0 Å². The number of carbonyl (C=O) groups excluding carboxylic acids is 2. The Morgan fingerprint density at radius 3 is 2.69 bits per heavy atom. The molecule has 13 heavy (non-hydrogen) atoms. The number of imide groups is 1. The molecule has 72 valence electrons. The Labute approximate surface area is 82.0 Å². The quantitative estimate of drug-likeness (QED) is 0.558. The van der Waals surface area contributed by atoms with Crippen LogP contribution in [-0.2, 0) is 4.79 Å². The monoisotopic (exact) mass is 199 g/mol. The summed E-state index contributed by atoms with van der Waals surface area (Å²) in [6, 6.07) is 0. The molecule has 1 N–H and O–H groups in total. The minimum absolute atomic E-state index is 0.244. The molecule has 0 aromatic rings. The third kappa shape index (κ3) is 3.22. The number of thioether (sulfide) groups is 1. The zero-order valence-electron chi connectivity index (χ0n) is 7.63. The van der Waals surface area contributed by atoms with E-state index in [1.54, 1.807) is 0 Å². The lowest BCUT2D eigenvalue weighted by Gasteiger charge is -1.93. The van der Waals surface area contributed by atoms with Gasteiger partial charge in [-0.2, -0.15) is 0 Å². The molecule has 1 aliphatic rings. The van der Waals surface area contributed by atoms with E-state index in [1.165, 1.54) is 12.8 Å². The van der Waals surface area contributed by atoms with Gasteiger partial charge in [-0.1, -0.05) is 25.8 Å². The second-order valence-corrected chi connectivity index (χ2v) is 3.92. The fourth-order valence-electron chi connectivity index (χ4n) is 1.09. The number of nitrogens with one attached hydrogen (secondary N) is 1. The van der Waals surface area contributed by atoms with E-state index in [9.17, 15) is 9.59 Å². The number of amides is 2. The van der Waals surface area contributed by atoms with E-state index in [0.717, 1.165) is 24.6 Å². The SMILES string of the molecule is CCCCC/C=C1/SC(=O)NC1=O. The smallest absolute Gasteiger partial charge is 0.282 e. The standard InChI is InChI=1S/C9H13NO2S/c1-2-3-4-5-6-7-8(11)10-9(12)13-7/h6H,2-5H2,1H3,(H,10,11,12)/b7-6+. The molecule has 1 saturated heterocycles. The Kier molecular flexibility index (Phi) is 4.02. The average Bonchev–Trinajstić information content (AvgIpc) is 2.39. The molecule has 1 aliphatic heterocycles. The fourth-order valence-corrected chi connectivity index (χ4v) is 1.78. The Bertz CT molecular complexity index is 248. The maximum Gasteiger partial charge on any atom is 0.290 e. The average molecular weight is 199 g/mol. The lowest BCUT2D eigenvalue weighted by atomic mass is 10.2. The molecular formula is C9H13NO2S. The van der Waals surface area contributed by atoms with Gasteiger partial charge in [0.15, 0.2) is 0 Å². The maximum absolute atomic E-state index is 11.0. The summed E-state index contributed by atoms with van der Waals surface area (Å²) in [6.07, 6.45) is 6.16. The molecule has 3 nitrogen and oxygen atoms in total. The van der Waals surface area contributed by atoms with Crippen molar-refractivity contribution >= 4 is 22.9 Å². The Morgan fingerprint density at radius 1 is 1.38 bits per heavy atom. The topological polar surface area (TPSA) is 46.2 Å². The number of allylic oxidation sites excluding steroid dienone is 1. The summed E-state index contributed by atoms with van der Waals surface area (Å²) in [5, 5.41) is 1.97. The summed E-state index contributed by atoms with van der Waals surface area (Å²) in [5.41, 5.74) is 0. The fraction of sp³-hybridized carbons (Fsp3) is 0.556. The van der Waals surface area contributed by atoms with Crippen LogP contribution in [0.2, 0.25) is 0 Å². The van der Waals surface area contributed by atoms with E-state index in [2.05, 4.69) is 12.2 Å². The summed E-state index contributed by atoms with van der Waals surface area (Å²) >= 11 is 0.993. The molecule has 0 spiro atoms. The van der Waals surface area contributed by atoms with Gasteiger partial charge in [0.25, 0.3) is 11.1 Å². The van der Waals surface area contributed by atoms with Crippen LogP contribution in [0.25, 0.3) is 0 Å². The third-order valence-electron chi connectivity index (χ3n) is 1.78. The van der Waals surface area contributed by atoms with Crippen molar-refractivity contribution in [1.29, 1.82) is 0 Å². The number of unbranched alkanes of at least 4 members (excludes halogenated alkanes) is 3. The van der Waals surface area contributed by atoms with Crippen molar-refractivity contribution in [1.82, 2.24) is 5.32 Å². The normalized spacial score (nSPS) is 19.6. The van der Waals surface area contributed by atoms with Gasteiger partial charge >= 0.3 is 0 Å². The molecule has 0 aromatic heterocycles. The van der Waals surface area contributed by atoms with Gasteiger partial charge in [0, 0.05) is 0 Å². The van der Waals surface area contributed by atoms with Crippen LogP contribution in [0.4, 0.5) is 4.79 Å². The number of rotatable bonds is 4. The van der Waals surface area contributed by atoms with Crippen molar-refractivity contribution in [3.8, 4) is 0 Å². The van der Waals surface area contributed by atoms with Gasteiger partial charge in [-0.3, -0.25) is 14.9 Å². The van der Waals surface area contributed by atoms with E-state index in [1.807, 2.05) is 6.08 Å². The van der Waals surface area contributed by atoms with Crippen LogP contribution in [-0.4, -0.2) is 11.1 Å². The van der Waals surface area contributed by atoms with Gasteiger partial charge in [-0.15, -0.1) is 0 Å². The maximum atomic E-state index is 11.0. The van der Waals surface area contributed by atoms with Crippen molar-refractivity contribution in [2.45, 2.75) is 32.6 Å². The highest BCUT2D eigenvalue weighted by Gasteiger charge is 2.24. The van der Waals surface area contributed by atoms with Gasteiger partial charge in [0.05, 0.1) is 4.91 Å². The summed E-state index contributed by atoms with van der Waals surface area (Å²) in [5.74, 6) is -0.244. The second kappa shape index (κ2) is 5.07. The van der Waals surface area contributed by atoms with E-state index in [-0.39, 0.29) is 11.1 Å². The third-order valence-corrected chi connectivity index (χ3v) is 2.64. The van der Waals surface area contributed by atoms with Gasteiger partial charge in [-0.05, 0) is 24.6 Å². The lowest BCUT2D eigenvalue weighted by Crippen LogP contribution is -2.17. The molecule has 0 saturated carbocycles. The highest BCUT2D eigenvalue weighted by molar-refractivity contribution is 8.18. The van der Waals surface area contributed by atoms with Crippen LogP contribution in [0, 0.1) is 0 Å². The molecule has 1 rings (SSSR count). The molecular weight excluding hydrogens is 186 g/mol. The molecule has 1 fully saturated rings. The molecule has 0 bridgehead atoms.